The second-order valence-electron chi connectivity index (χ2n) is 10.5. The van der Waals surface area contributed by atoms with Crippen LogP contribution in [0.1, 0.15) is 76.5 Å². The number of carbonyl (C=O) groups excluding carboxylic acids is 2. The minimum absolute atomic E-state index is 0.0169. The van der Waals surface area contributed by atoms with E-state index in [1.807, 2.05) is 31.2 Å². The molecule has 0 saturated heterocycles. The van der Waals surface area contributed by atoms with Gasteiger partial charge in [0.2, 0.25) is 11.8 Å². The van der Waals surface area contributed by atoms with Crippen molar-refractivity contribution >= 4 is 11.8 Å². The summed E-state index contributed by atoms with van der Waals surface area (Å²) in [4.78, 5) is 28.1. The van der Waals surface area contributed by atoms with Crippen molar-refractivity contribution in [3.8, 4) is 5.75 Å². The molecule has 5 nitrogen and oxygen atoms in total. The minimum Gasteiger partial charge on any atom is -0.497 e. The zero-order chi connectivity index (χ0) is 24.7. The zero-order valence-corrected chi connectivity index (χ0v) is 21.4. The average molecular weight is 465 g/mol. The number of nitrogens with zero attached hydrogens (tertiary/aromatic N) is 1. The second kappa shape index (κ2) is 11.5. The maximum absolute atomic E-state index is 13.4. The van der Waals surface area contributed by atoms with E-state index in [-0.39, 0.29) is 23.3 Å². The highest BCUT2D eigenvalue weighted by molar-refractivity contribution is 5.87. The Morgan fingerprint density at radius 2 is 1.74 bits per heavy atom. The van der Waals surface area contributed by atoms with Crippen molar-refractivity contribution < 1.29 is 14.3 Å². The third-order valence-electron chi connectivity index (χ3n) is 6.80. The van der Waals surface area contributed by atoms with Crippen molar-refractivity contribution in [3.05, 3.63) is 65.2 Å². The smallest absolute Gasteiger partial charge is 0.242 e. The van der Waals surface area contributed by atoms with Crippen LogP contribution in [-0.2, 0) is 28.0 Å². The summed E-state index contributed by atoms with van der Waals surface area (Å²) in [7, 11) is 1.63. The Bertz CT molecular complexity index is 956. The van der Waals surface area contributed by atoms with E-state index in [1.54, 1.807) is 12.0 Å². The number of amides is 2. The van der Waals surface area contributed by atoms with E-state index in [2.05, 4.69) is 50.4 Å². The van der Waals surface area contributed by atoms with Crippen LogP contribution in [0.2, 0.25) is 0 Å². The van der Waals surface area contributed by atoms with Gasteiger partial charge in [0.25, 0.3) is 0 Å². The van der Waals surface area contributed by atoms with Crippen LogP contribution in [0.4, 0.5) is 0 Å². The summed E-state index contributed by atoms with van der Waals surface area (Å²) >= 11 is 0. The van der Waals surface area contributed by atoms with Gasteiger partial charge in [0.15, 0.2) is 0 Å². The van der Waals surface area contributed by atoms with Crippen LogP contribution in [0.3, 0.4) is 0 Å². The number of methoxy groups -OCH3 is 1. The molecule has 1 fully saturated rings. The van der Waals surface area contributed by atoms with E-state index >= 15 is 0 Å². The molecule has 0 aromatic heterocycles. The van der Waals surface area contributed by atoms with E-state index in [0.29, 0.717) is 19.4 Å². The van der Waals surface area contributed by atoms with E-state index < -0.39 is 6.04 Å². The van der Waals surface area contributed by atoms with Crippen LogP contribution in [-0.4, -0.2) is 35.9 Å². The number of aryl methyl sites for hydroxylation is 1. The highest BCUT2D eigenvalue weighted by Gasteiger charge is 2.28. The minimum atomic E-state index is -0.539. The molecule has 1 saturated carbocycles. The normalized spacial score (nSPS) is 15.1. The van der Waals surface area contributed by atoms with Gasteiger partial charge in [0.1, 0.15) is 11.8 Å². The fraction of sp³-hybridized carbons (Fsp3) is 0.517. The van der Waals surface area contributed by atoms with Crippen molar-refractivity contribution in [2.75, 3.05) is 7.11 Å². The zero-order valence-electron chi connectivity index (χ0n) is 21.4. The Kier molecular flexibility index (Phi) is 8.76. The first-order valence-electron chi connectivity index (χ1n) is 12.5. The van der Waals surface area contributed by atoms with Gasteiger partial charge < -0.3 is 15.0 Å². The van der Waals surface area contributed by atoms with Crippen LogP contribution in [0.15, 0.2) is 48.5 Å². The number of rotatable bonds is 9. The molecule has 2 aromatic rings. The number of ether oxygens (including phenoxy) is 1. The predicted molar refractivity (Wildman–Crippen MR) is 137 cm³/mol. The highest BCUT2D eigenvalue weighted by atomic mass is 16.5. The summed E-state index contributed by atoms with van der Waals surface area (Å²) in [5.41, 5.74) is 3.46. The van der Waals surface area contributed by atoms with E-state index in [0.717, 1.165) is 42.6 Å². The molecule has 0 spiro atoms. The summed E-state index contributed by atoms with van der Waals surface area (Å²) in [5, 5.41) is 3.16. The molecule has 2 amide bonds. The van der Waals surface area contributed by atoms with Gasteiger partial charge in [-0.1, -0.05) is 70.0 Å². The topological polar surface area (TPSA) is 58.6 Å². The lowest BCUT2D eigenvalue weighted by molar-refractivity contribution is -0.140. The fourth-order valence-electron chi connectivity index (χ4n) is 4.51. The Balaban J connectivity index is 1.71. The Labute approximate surface area is 204 Å². The third-order valence-corrected chi connectivity index (χ3v) is 6.80. The van der Waals surface area contributed by atoms with Gasteiger partial charge in [0, 0.05) is 19.0 Å². The molecular weight excluding hydrogens is 424 g/mol. The fourth-order valence-corrected chi connectivity index (χ4v) is 4.51. The lowest BCUT2D eigenvalue weighted by Crippen LogP contribution is -2.49. The van der Waals surface area contributed by atoms with Gasteiger partial charge in [-0.2, -0.15) is 0 Å². The Morgan fingerprint density at radius 3 is 2.35 bits per heavy atom. The molecule has 184 valence electrons. The molecule has 0 heterocycles. The van der Waals surface area contributed by atoms with Crippen LogP contribution in [0, 0.1) is 0 Å². The van der Waals surface area contributed by atoms with E-state index in [9.17, 15) is 9.59 Å². The summed E-state index contributed by atoms with van der Waals surface area (Å²) in [6.45, 7) is 8.79. The van der Waals surface area contributed by atoms with Crippen LogP contribution < -0.4 is 10.1 Å². The molecular formula is C29H40N2O3. The Morgan fingerprint density at radius 1 is 1.06 bits per heavy atom. The van der Waals surface area contributed by atoms with Gasteiger partial charge in [-0.3, -0.25) is 9.59 Å². The molecule has 34 heavy (non-hydrogen) atoms. The number of carbonyl (C=O) groups is 2. The van der Waals surface area contributed by atoms with Crippen LogP contribution >= 0.6 is 0 Å². The number of hydrogen-bond donors (Lipinski definition) is 1. The third kappa shape index (κ3) is 7.09. The molecule has 2 aromatic carbocycles. The highest BCUT2D eigenvalue weighted by Crippen LogP contribution is 2.23. The quantitative estimate of drug-likeness (QED) is 0.540. The summed E-state index contributed by atoms with van der Waals surface area (Å²) < 4.78 is 5.35. The molecule has 3 rings (SSSR count). The molecule has 1 atom stereocenters. The molecule has 0 unspecified atom stereocenters. The van der Waals surface area contributed by atoms with Crippen molar-refractivity contribution in [3.63, 3.8) is 0 Å². The lowest BCUT2D eigenvalue weighted by Gasteiger charge is -2.30. The number of hydrogen-bond acceptors (Lipinski definition) is 3. The SMILES string of the molecule is COc1cccc(CN(C(=O)CCc2ccc(C(C)(C)C)cc2)[C@@H](C)C(=O)NC2CCCC2)c1. The molecule has 1 N–H and O–H groups in total. The van der Waals surface area contributed by atoms with Crippen LogP contribution in [0.25, 0.3) is 0 Å². The predicted octanol–water partition coefficient (Wildman–Crippen LogP) is 5.40. The number of nitrogens with one attached hydrogen (secondary N) is 1. The van der Waals surface area contributed by atoms with Gasteiger partial charge in [-0.25, -0.2) is 0 Å². The first kappa shape index (κ1) is 25.8. The average Bonchev–Trinajstić information content (AvgIpc) is 3.33. The van der Waals surface area contributed by atoms with Crippen molar-refractivity contribution in [2.45, 2.75) is 90.3 Å². The molecule has 0 aliphatic heterocycles. The largest absolute Gasteiger partial charge is 0.497 e. The molecule has 0 bridgehead atoms. The van der Waals surface area contributed by atoms with Crippen molar-refractivity contribution in [1.82, 2.24) is 10.2 Å². The second-order valence-corrected chi connectivity index (χ2v) is 10.5. The van der Waals surface area contributed by atoms with Crippen LogP contribution in [0.5, 0.6) is 5.75 Å². The standard InChI is InChI=1S/C29H40N2O3/c1-21(28(33)30-25-10-6-7-11-25)31(20-23-9-8-12-26(19-23)34-5)27(32)18-15-22-13-16-24(17-14-22)29(2,3)4/h8-9,12-14,16-17,19,21,25H,6-7,10-11,15,18,20H2,1-5H3,(H,30,33)/t21-/m0/s1. The van der Waals surface area contributed by atoms with Gasteiger partial charge >= 0.3 is 0 Å². The van der Waals surface area contributed by atoms with Gasteiger partial charge in [0.05, 0.1) is 7.11 Å². The maximum Gasteiger partial charge on any atom is 0.242 e. The van der Waals surface area contributed by atoms with E-state index in [1.165, 1.54) is 5.56 Å². The van der Waals surface area contributed by atoms with E-state index in [4.69, 9.17) is 4.74 Å². The van der Waals surface area contributed by atoms with Gasteiger partial charge in [-0.15, -0.1) is 0 Å². The lowest BCUT2D eigenvalue weighted by atomic mass is 9.86. The first-order valence-corrected chi connectivity index (χ1v) is 12.5. The van der Waals surface area contributed by atoms with Crippen molar-refractivity contribution in [2.24, 2.45) is 0 Å². The first-order chi connectivity index (χ1) is 16.2. The summed E-state index contributed by atoms with van der Waals surface area (Å²) in [6.07, 6.45) is 5.36. The Hall–Kier alpha value is -2.82. The number of benzene rings is 2. The summed E-state index contributed by atoms with van der Waals surface area (Å²) in [5.74, 6) is 0.654. The summed E-state index contributed by atoms with van der Waals surface area (Å²) in [6, 6.07) is 15.9. The van der Waals surface area contributed by atoms with Crippen molar-refractivity contribution in [1.29, 1.82) is 0 Å². The monoisotopic (exact) mass is 464 g/mol. The molecule has 1 aliphatic rings. The molecule has 5 heteroatoms. The molecule has 0 radical (unpaired) electrons. The molecule has 1 aliphatic carbocycles. The maximum atomic E-state index is 13.4. The van der Waals surface area contributed by atoms with Gasteiger partial charge in [-0.05, 0) is 60.4 Å².